The van der Waals surface area contributed by atoms with Crippen molar-refractivity contribution in [2.75, 3.05) is 0 Å². The third kappa shape index (κ3) is 3.37. The van der Waals surface area contributed by atoms with Gasteiger partial charge >= 0.3 is 0 Å². The van der Waals surface area contributed by atoms with Gasteiger partial charge in [-0.1, -0.05) is 20.8 Å². The van der Waals surface area contributed by atoms with Crippen molar-refractivity contribution in [1.29, 1.82) is 0 Å². The highest BCUT2D eigenvalue weighted by molar-refractivity contribution is 5.95. The molecule has 0 aliphatic carbocycles. The summed E-state index contributed by atoms with van der Waals surface area (Å²) in [5, 5.41) is 2.99. The summed E-state index contributed by atoms with van der Waals surface area (Å²) in [7, 11) is 0. The molecular weight excluding hydrogens is 148 g/mol. The van der Waals surface area contributed by atoms with Crippen LogP contribution >= 0.6 is 0 Å². The van der Waals surface area contributed by atoms with Crippen LogP contribution in [0.4, 0.5) is 0 Å². The molecule has 66 valence electrons. The van der Waals surface area contributed by atoms with Gasteiger partial charge in [0.25, 0.3) is 0 Å². The normalized spacial score (nSPS) is 16.8. The molecule has 0 saturated heterocycles. The van der Waals surface area contributed by atoms with Crippen LogP contribution < -0.4 is 5.32 Å². The smallest absolute Gasteiger partial charge is 0.0431 e. The van der Waals surface area contributed by atoms with E-state index in [9.17, 15) is 0 Å². The molecule has 0 aromatic carbocycles. The SMILES string of the molecule is CC(C)(C)CC1=NC=CNC=C1. The van der Waals surface area contributed by atoms with E-state index in [2.05, 4.69) is 31.1 Å². The van der Waals surface area contributed by atoms with Gasteiger partial charge in [-0.2, -0.15) is 0 Å². The van der Waals surface area contributed by atoms with Crippen LogP contribution in [0.25, 0.3) is 0 Å². The van der Waals surface area contributed by atoms with Gasteiger partial charge in [-0.05, 0) is 17.9 Å². The maximum Gasteiger partial charge on any atom is 0.0431 e. The summed E-state index contributed by atoms with van der Waals surface area (Å²) < 4.78 is 0. The number of nitrogens with one attached hydrogen (secondary N) is 1. The Morgan fingerprint density at radius 2 is 2.08 bits per heavy atom. The lowest BCUT2D eigenvalue weighted by atomic mass is 9.89. The first kappa shape index (κ1) is 9.04. The van der Waals surface area contributed by atoms with E-state index in [-0.39, 0.29) is 0 Å². The molecule has 0 spiro atoms. The number of nitrogens with zero attached hydrogens (tertiary/aromatic N) is 1. The Labute approximate surface area is 74.1 Å². The fraction of sp³-hybridized carbons (Fsp3) is 0.500. The summed E-state index contributed by atoms with van der Waals surface area (Å²) >= 11 is 0. The van der Waals surface area contributed by atoms with Crippen molar-refractivity contribution < 1.29 is 0 Å². The Kier molecular flexibility index (Phi) is 2.69. The molecule has 0 aromatic heterocycles. The average molecular weight is 164 g/mol. The molecule has 0 unspecified atom stereocenters. The molecule has 0 aromatic rings. The van der Waals surface area contributed by atoms with Crippen molar-refractivity contribution in [3.05, 3.63) is 24.7 Å². The Morgan fingerprint density at radius 1 is 1.33 bits per heavy atom. The third-order valence-corrected chi connectivity index (χ3v) is 1.49. The van der Waals surface area contributed by atoms with Crippen LogP contribution in [0, 0.1) is 5.41 Å². The summed E-state index contributed by atoms with van der Waals surface area (Å²) in [4.78, 5) is 4.30. The fourth-order valence-corrected chi connectivity index (χ4v) is 1.07. The van der Waals surface area contributed by atoms with Gasteiger partial charge in [-0.25, -0.2) is 0 Å². The quantitative estimate of drug-likeness (QED) is 0.632. The van der Waals surface area contributed by atoms with Gasteiger partial charge in [0.05, 0.1) is 0 Å². The highest BCUT2D eigenvalue weighted by Crippen LogP contribution is 2.19. The summed E-state index contributed by atoms with van der Waals surface area (Å²) in [5.41, 5.74) is 1.44. The van der Waals surface area contributed by atoms with E-state index in [0.717, 1.165) is 12.1 Å². The van der Waals surface area contributed by atoms with Crippen LogP contribution in [0.1, 0.15) is 27.2 Å². The summed E-state index contributed by atoms with van der Waals surface area (Å²) in [5.74, 6) is 0. The number of aliphatic imine (C=N–C) groups is 1. The number of hydrogen-bond donors (Lipinski definition) is 1. The topological polar surface area (TPSA) is 24.4 Å². The third-order valence-electron chi connectivity index (χ3n) is 1.49. The first-order valence-corrected chi connectivity index (χ1v) is 4.22. The lowest BCUT2D eigenvalue weighted by molar-refractivity contribution is 0.434. The van der Waals surface area contributed by atoms with E-state index in [1.54, 1.807) is 6.20 Å². The molecule has 0 radical (unpaired) electrons. The molecule has 0 fully saturated rings. The lowest BCUT2D eigenvalue weighted by Gasteiger charge is -2.17. The van der Waals surface area contributed by atoms with Crippen LogP contribution in [-0.2, 0) is 0 Å². The maximum atomic E-state index is 4.30. The molecule has 2 nitrogen and oxygen atoms in total. The molecule has 2 heteroatoms. The molecule has 1 aliphatic heterocycles. The van der Waals surface area contributed by atoms with Crippen molar-refractivity contribution in [3.63, 3.8) is 0 Å². The Morgan fingerprint density at radius 3 is 2.75 bits per heavy atom. The summed E-state index contributed by atoms with van der Waals surface area (Å²) in [6.07, 6.45) is 8.56. The zero-order chi connectivity index (χ0) is 9.03. The van der Waals surface area contributed by atoms with Gasteiger partial charge in [-0.15, -0.1) is 0 Å². The fourth-order valence-electron chi connectivity index (χ4n) is 1.07. The van der Waals surface area contributed by atoms with E-state index in [1.165, 1.54) is 0 Å². The second kappa shape index (κ2) is 3.57. The zero-order valence-corrected chi connectivity index (χ0v) is 7.96. The van der Waals surface area contributed by atoms with Gasteiger partial charge in [0, 0.05) is 24.3 Å². The van der Waals surface area contributed by atoms with Crippen LogP contribution in [0.2, 0.25) is 0 Å². The molecule has 0 saturated carbocycles. The van der Waals surface area contributed by atoms with E-state index in [1.807, 2.05) is 18.5 Å². The van der Waals surface area contributed by atoms with Crippen LogP contribution in [0.15, 0.2) is 29.7 Å². The van der Waals surface area contributed by atoms with Gasteiger partial charge < -0.3 is 5.32 Å². The Bertz CT molecular complexity index is 229. The van der Waals surface area contributed by atoms with Crippen molar-refractivity contribution in [3.8, 4) is 0 Å². The van der Waals surface area contributed by atoms with E-state index in [0.29, 0.717) is 5.41 Å². The molecule has 0 amide bonds. The number of hydrogen-bond acceptors (Lipinski definition) is 2. The van der Waals surface area contributed by atoms with Crippen molar-refractivity contribution in [1.82, 2.24) is 5.32 Å². The van der Waals surface area contributed by atoms with Crippen LogP contribution in [0.3, 0.4) is 0 Å². The Balaban J connectivity index is 2.62. The molecule has 1 aliphatic rings. The van der Waals surface area contributed by atoms with Gasteiger partial charge in [-0.3, -0.25) is 4.99 Å². The van der Waals surface area contributed by atoms with Gasteiger partial charge in [0.15, 0.2) is 0 Å². The van der Waals surface area contributed by atoms with Crippen molar-refractivity contribution in [2.24, 2.45) is 10.4 Å². The monoisotopic (exact) mass is 164 g/mol. The predicted molar refractivity (Wildman–Crippen MR) is 52.9 cm³/mol. The zero-order valence-electron chi connectivity index (χ0n) is 7.96. The first-order valence-electron chi connectivity index (χ1n) is 4.22. The molecule has 1 N–H and O–H groups in total. The minimum Gasteiger partial charge on any atom is -0.366 e. The highest BCUT2D eigenvalue weighted by Gasteiger charge is 2.12. The Hall–Kier alpha value is -1.05. The van der Waals surface area contributed by atoms with Gasteiger partial charge in [0.1, 0.15) is 0 Å². The van der Waals surface area contributed by atoms with E-state index in [4.69, 9.17) is 0 Å². The maximum absolute atomic E-state index is 4.30. The molecule has 1 heterocycles. The van der Waals surface area contributed by atoms with E-state index < -0.39 is 0 Å². The number of rotatable bonds is 1. The second-order valence-corrected chi connectivity index (χ2v) is 4.17. The number of allylic oxidation sites excluding steroid dienone is 1. The van der Waals surface area contributed by atoms with E-state index >= 15 is 0 Å². The van der Waals surface area contributed by atoms with Crippen molar-refractivity contribution >= 4 is 5.71 Å². The molecule has 0 bridgehead atoms. The predicted octanol–water partition coefficient (Wildman–Crippen LogP) is 2.45. The summed E-state index contributed by atoms with van der Waals surface area (Å²) in [6.45, 7) is 6.64. The van der Waals surface area contributed by atoms with Crippen molar-refractivity contribution in [2.45, 2.75) is 27.2 Å². The van der Waals surface area contributed by atoms with Gasteiger partial charge in [0.2, 0.25) is 0 Å². The minimum atomic E-state index is 0.307. The summed E-state index contributed by atoms with van der Waals surface area (Å²) in [6, 6.07) is 0. The molecular formula is C10H16N2. The first-order chi connectivity index (χ1) is 5.58. The highest BCUT2D eigenvalue weighted by atomic mass is 14.8. The minimum absolute atomic E-state index is 0.307. The lowest BCUT2D eigenvalue weighted by Crippen LogP contribution is -2.11. The van der Waals surface area contributed by atoms with Crippen LogP contribution in [0.5, 0.6) is 0 Å². The average Bonchev–Trinajstić information content (AvgIpc) is 2.12. The van der Waals surface area contributed by atoms with Crippen LogP contribution in [-0.4, -0.2) is 5.71 Å². The molecule has 12 heavy (non-hydrogen) atoms. The molecule has 1 rings (SSSR count). The largest absolute Gasteiger partial charge is 0.366 e. The molecule has 0 atom stereocenters. The standard InChI is InChI=1S/C10H16N2/c1-10(2,3)8-9-4-5-11-6-7-12-9/h4-7,11H,8H2,1-3H3. The second-order valence-electron chi connectivity index (χ2n) is 4.17.